The number of rotatable bonds is 0. The number of amides is 1. The molecule has 1 aromatic rings. The number of fused-ring (bicyclic) bond motifs is 1. The molecule has 0 radical (unpaired) electrons. The molecule has 0 bridgehead atoms. The first-order valence-corrected chi connectivity index (χ1v) is 5.27. The van der Waals surface area contributed by atoms with Crippen molar-refractivity contribution in [2.45, 2.75) is 12.3 Å². The van der Waals surface area contributed by atoms with Gasteiger partial charge in [0.15, 0.2) is 5.41 Å². The molecule has 0 saturated heterocycles. The van der Waals surface area contributed by atoms with E-state index >= 15 is 0 Å². The Morgan fingerprint density at radius 2 is 1.67 bits per heavy atom. The zero-order chi connectivity index (χ0) is 13.8. The monoisotopic (exact) mass is 248 g/mol. The first kappa shape index (κ1) is 12.1. The molecule has 2 heterocycles. The van der Waals surface area contributed by atoms with Crippen LogP contribution in [-0.4, -0.2) is 22.1 Å². The number of hydrogen-bond acceptors (Lipinski definition) is 4. The van der Waals surface area contributed by atoms with Gasteiger partial charge in [0, 0.05) is 21.1 Å². The summed E-state index contributed by atoms with van der Waals surface area (Å²) in [5, 5.41) is 9.21. The van der Waals surface area contributed by atoms with E-state index in [4.69, 9.17) is 0 Å². The van der Waals surface area contributed by atoms with Crippen molar-refractivity contribution >= 4 is 11.6 Å². The van der Waals surface area contributed by atoms with E-state index in [-0.39, 0.29) is 11.4 Å². The number of hydrogen-bond donors (Lipinski definition) is 0. The van der Waals surface area contributed by atoms with Crippen LogP contribution in [0.15, 0.2) is 9.59 Å². The van der Waals surface area contributed by atoms with Gasteiger partial charge in [-0.2, -0.15) is 5.26 Å². The molecule has 7 heteroatoms. The van der Waals surface area contributed by atoms with Gasteiger partial charge < -0.3 is 4.90 Å². The van der Waals surface area contributed by atoms with Crippen molar-refractivity contribution in [1.82, 2.24) is 9.13 Å². The van der Waals surface area contributed by atoms with Gasteiger partial charge in [-0.25, -0.2) is 4.79 Å². The first-order chi connectivity index (χ1) is 8.27. The highest BCUT2D eigenvalue weighted by Crippen LogP contribution is 2.37. The van der Waals surface area contributed by atoms with Crippen LogP contribution < -0.4 is 16.1 Å². The number of likely N-dealkylation sites (N-methyl/N-ethyl adjacent to an activating group) is 1. The molecule has 2 rings (SSSR count). The minimum absolute atomic E-state index is 0.0913. The summed E-state index contributed by atoms with van der Waals surface area (Å²) in [6, 6.07) is 1.89. The van der Waals surface area contributed by atoms with Crippen LogP contribution in [0.5, 0.6) is 0 Å². The number of carbonyl (C=O) groups is 1. The Labute approximate surface area is 102 Å². The largest absolute Gasteiger partial charge is 0.330 e. The maximum atomic E-state index is 12.1. The molecule has 0 saturated carbocycles. The summed E-state index contributed by atoms with van der Waals surface area (Å²) in [6.45, 7) is 1.41. The van der Waals surface area contributed by atoms with Gasteiger partial charge in [0.2, 0.25) is 0 Å². The van der Waals surface area contributed by atoms with Crippen LogP contribution in [0.2, 0.25) is 0 Å². The first-order valence-electron chi connectivity index (χ1n) is 5.27. The molecule has 1 unspecified atom stereocenters. The number of nitrogens with zero attached hydrogens (tertiary/aromatic N) is 4. The van der Waals surface area contributed by atoms with Crippen LogP contribution >= 0.6 is 0 Å². The molecule has 7 nitrogen and oxygen atoms in total. The minimum atomic E-state index is -1.49. The third kappa shape index (κ3) is 1.09. The summed E-state index contributed by atoms with van der Waals surface area (Å²) in [4.78, 5) is 37.1. The van der Waals surface area contributed by atoms with E-state index in [0.29, 0.717) is 0 Å². The van der Waals surface area contributed by atoms with E-state index in [1.54, 1.807) is 0 Å². The molecule has 94 valence electrons. The topological polar surface area (TPSA) is 88.1 Å². The van der Waals surface area contributed by atoms with Gasteiger partial charge in [-0.15, -0.1) is 0 Å². The molecule has 0 spiro atoms. The lowest BCUT2D eigenvalue weighted by molar-refractivity contribution is -0.120. The van der Waals surface area contributed by atoms with Crippen molar-refractivity contribution < 1.29 is 4.79 Å². The van der Waals surface area contributed by atoms with Crippen molar-refractivity contribution in [3.63, 3.8) is 0 Å². The summed E-state index contributed by atoms with van der Waals surface area (Å²) in [7, 11) is 4.21. The zero-order valence-electron chi connectivity index (χ0n) is 10.5. The normalized spacial score (nSPS) is 21.9. The van der Waals surface area contributed by atoms with Crippen LogP contribution in [0.3, 0.4) is 0 Å². The quantitative estimate of drug-likeness (QED) is 0.579. The number of carbonyl (C=O) groups excluding carboxylic acids is 1. The highest BCUT2D eigenvalue weighted by molar-refractivity contribution is 6.08. The van der Waals surface area contributed by atoms with Crippen LogP contribution in [0.1, 0.15) is 12.6 Å². The smallest absolute Gasteiger partial charge is 0.307 e. The number of anilines is 1. The predicted molar refractivity (Wildman–Crippen MR) is 63.3 cm³/mol. The lowest BCUT2D eigenvalue weighted by Gasteiger charge is -2.15. The Kier molecular flexibility index (Phi) is 2.23. The van der Waals surface area contributed by atoms with Crippen LogP contribution in [0.25, 0.3) is 0 Å². The van der Waals surface area contributed by atoms with Gasteiger partial charge in [0.25, 0.3) is 11.5 Å². The Balaban J connectivity index is 3.08. The van der Waals surface area contributed by atoms with Crippen molar-refractivity contribution in [2.24, 2.45) is 14.1 Å². The van der Waals surface area contributed by atoms with Crippen molar-refractivity contribution in [1.29, 1.82) is 5.26 Å². The fourth-order valence-electron chi connectivity index (χ4n) is 2.34. The molecule has 1 aliphatic heterocycles. The molecule has 1 amide bonds. The van der Waals surface area contributed by atoms with E-state index in [2.05, 4.69) is 0 Å². The average molecular weight is 248 g/mol. The molecular formula is C11H12N4O3. The van der Waals surface area contributed by atoms with Gasteiger partial charge in [0.1, 0.15) is 5.69 Å². The standard InChI is InChI=1S/C11H12N4O3/c1-11(5-12)7-6(13(2)9(11)17)8(16)15(4)10(18)14(7)3/h1-4H3. The van der Waals surface area contributed by atoms with Gasteiger partial charge in [-0.05, 0) is 6.92 Å². The van der Waals surface area contributed by atoms with E-state index < -0.39 is 22.6 Å². The highest BCUT2D eigenvalue weighted by Gasteiger charge is 2.50. The second-order valence-electron chi connectivity index (χ2n) is 4.50. The Morgan fingerprint density at radius 1 is 1.11 bits per heavy atom. The van der Waals surface area contributed by atoms with Crippen LogP contribution in [-0.2, 0) is 24.3 Å². The summed E-state index contributed by atoms with van der Waals surface area (Å²) in [6.07, 6.45) is 0. The molecule has 18 heavy (non-hydrogen) atoms. The predicted octanol–water partition coefficient (Wildman–Crippen LogP) is -1.16. The summed E-state index contributed by atoms with van der Waals surface area (Å²) in [5.74, 6) is -0.502. The third-order valence-corrected chi connectivity index (χ3v) is 3.41. The highest BCUT2D eigenvalue weighted by atomic mass is 16.2. The van der Waals surface area contributed by atoms with Gasteiger partial charge in [0.05, 0.1) is 11.8 Å². The lowest BCUT2D eigenvalue weighted by Crippen LogP contribution is -2.41. The van der Waals surface area contributed by atoms with Crippen LogP contribution in [0.4, 0.5) is 5.69 Å². The SMILES string of the molecule is CN1C(=O)C(C)(C#N)c2c1c(=O)n(C)c(=O)n2C. The molecule has 0 aliphatic carbocycles. The fraction of sp³-hybridized carbons (Fsp3) is 0.455. The van der Waals surface area contributed by atoms with E-state index in [1.807, 2.05) is 6.07 Å². The fourth-order valence-corrected chi connectivity index (χ4v) is 2.34. The second kappa shape index (κ2) is 3.32. The van der Waals surface area contributed by atoms with Gasteiger partial charge in [-0.3, -0.25) is 18.7 Å². The van der Waals surface area contributed by atoms with E-state index in [0.717, 1.165) is 9.47 Å². The summed E-state index contributed by atoms with van der Waals surface area (Å²) < 4.78 is 2.10. The Hall–Kier alpha value is -2.36. The minimum Gasteiger partial charge on any atom is -0.307 e. The second-order valence-corrected chi connectivity index (χ2v) is 4.50. The van der Waals surface area contributed by atoms with E-state index in [1.165, 1.54) is 32.6 Å². The molecule has 0 N–H and O–H groups in total. The van der Waals surface area contributed by atoms with E-state index in [9.17, 15) is 19.6 Å². The van der Waals surface area contributed by atoms with Crippen LogP contribution in [0, 0.1) is 11.3 Å². The average Bonchev–Trinajstić information content (AvgIpc) is 2.56. The molecule has 0 aromatic carbocycles. The molecule has 1 aliphatic rings. The summed E-state index contributed by atoms with van der Waals surface area (Å²) >= 11 is 0. The molecule has 1 atom stereocenters. The van der Waals surface area contributed by atoms with Crippen molar-refractivity contribution in [3.05, 3.63) is 26.5 Å². The molecule has 0 fully saturated rings. The molecular weight excluding hydrogens is 236 g/mol. The lowest BCUT2D eigenvalue weighted by atomic mass is 9.89. The number of aromatic nitrogens is 2. The third-order valence-electron chi connectivity index (χ3n) is 3.41. The van der Waals surface area contributed by atoms with Crippen molar-refractivity contribution in [2.75, 3.05) is 11.9 Å². The molecule has 1 aromatic heterocycles. The van der Waals surface area contributed by atoms with Gasteiger partial charge >= 0.3 is 5.69 Å². The summed E-state index contributed by atoms with van der Waals surface area (Å²) in [5.41, 5.74) is -2.36. The van der Waals surface area contributed by atoms with Crippen molar-refractivity contribution in [3.8, 4) is 6.07 Å². The maximum Gasteiger partial charge on any atom is 0.330 e. The maximum absolute atomic E-state index is 12.1. The van der Waals surface area contributed by atoms with Gasteiger partial charge in [-0.1, -0.05) is 0 Å². The zero-order valence-corrected chi connectivity index (χ0v) is 10.5. The number of nitriles is 1. The Bertz CT molecular complexity index is 722. The Morgan fingerprint density at radius 3 is 2.17 bits per heavy atom.